The number of allylic oxidation sites excluding steroid dienone is 5. The van der Waals surface area contributed by atoms with Crippen LogP contribution in [0.1, 0.15) is 18.2 Å². The highest BCUT2D eigenvalue weighted by molar-refractivity contribution is 5.82. The van der Waals surface area contributed by atoms with E-state index < -0.39 is 0 Å². The molecule has 0 saturated heterocycles. The minimum Gasteiger partial charge on any atom is -0.361 e. The predicted octanol–water partition coefficient (Wildman–Crippen LogP) is 3.09. The molecule has 1 aromatic heterocycles. The average molecular weight is 171 g/mol. The van der Waals surface area contributed by atoms with Gasteiger partial charge in [0.05, 0.1) is 0 Å². The van der Waals surface area contributed by atoms with Crippen molar-refractivity contribution in [2.24, 2.45) is 0 Å². The molecular weight excluding hydrogens is 158 g/mol. The maximum atomic E-state index is 4.07. The van der Waals surface area contributed by atoms with E-state index in [9.17, 15) is 0 Å². The Morgan fingerprint density at radius 1 is 1.54 bits per heavy atom. The summed E-state index contributed by atoms with van der Waals surface area (Å²) in [5.74, 6) is 0. The van der Waals surface area contributed by atoms with Crippen molar-refractivity contribution in [2.75, 3.05) is 0 Å². The number of aromatic amines is 1. The number of rotatable bonds is 1. The molecule has 66 valence electrons. The van der Waals surface area contributed by atoms with Crippen LogP contribution in [-0.4, -0.2) is 4.98 Å². The van der Waals surface area contributed by atoms with E-state index in [4.69, 9.17) is 0 Å². The van der Waals surface area contributed by atoms with Crippen molar-refractivity contribution in [1.29, 1.82) is 0 Å². The Kier molecular flexibility index (Phi) is 1.93. The van der Waals surface area contributed by atoms with Gasteiger partial charge in [-0.2, -0.15) is 0 Å². The molecule has 0 aromatic carbocycles. The van der Waals surface area contributed by atoms with Crippen LogP contribution < -0.4 is 0 Å². The summed E-state index contributed by atoms with van der Waals surface area (Å²) in [5, 5.41) is 0. The molecule has 0 saturated carbocycles. The molecule has 0 fully saturated rings. The van der Waals surface area contributed by atoms with E-state index in [1.165, 1.54) is 16.8 Å². The molecule has 1 aromatic rings. The normalized spacial score (nSPS) is 18.8. The molecule has 1 heteroatoms. The van der Waals surface area contributed by atoms with E-state index in [1.54, 1.807) is 0 Å². The minimum atomic E-state index is 1.02. The topological polar surface area (TPSA) is 15.8 Å². The Labute approximate surface area is 78.5 Å². The van der Waals surface area contributed by atoms with Crippen molar-refractivity contribution in [3.05, 3.63) is 53.9 Å². The highest BCUT2D eigenvalue weighted by Crippen LogP contribution is 2.34. The van der Waals surface area contributed by atoms with Gasteiger partial charge in [-0.05, 0) is 29.7 Å². The second-order valence-corrected chi connectivity index (χ2v) is 3.25. The summed E-state index contributed by atoms with van der Waals surface area (Å²) in [7, 11) is 0. The van der Waals surface area contributed by atoms with Crippen LogP contribution in [0.2, 0.25) is 0 Å². The van der Waals surface area contributed by atoms with E-state index >= 15 is 0 Å². The number of H-pyrrole nitrogens is 1. The van der Waals surface area contributed by atoms with Crippen molar-refractivity contribution in [3.8, 4) is 0 Å². The van der Waals surface area contributed by atoms with Crippen LogP contribution in [0.15, 0.2) is 42.6 Å². The van der Waals surface area contributed by atoms with Crippen molar-refractivity contribution in [3.63, 3.8) is 0 Å². The first-order valence-corrected chi connectivity index (χ1v) is 4.50. The van der Waals surface area contributed by atoms with Crippen LogP contribution in [0.4, 0.5) is 0 Å². The summed E-state index contributed by atoms with van der Waals surface area (Å²) in [4.78, 5) is 3.21. The molecule has 1 nitrogen and oxygen atoms in total. The lowest BCUT2D eigenvalue weighted by molar-refractivity contribution is 1.28. The fourth-order valence-corrected chi connectivity index (χ4v) is 1.67. The van der Waals surface area contributed by atoms with Gasteiger partial charge in [-0.3, -0.25) is 0 Å². The van der Waals surface area contributed by atoms with Crippen LogP contribution in [0.5, 0.6) is 0 Å². The lowest BCUT2D eigenvalue weighted by Crippen LogP contribution is -1.79. The smallest absolute Gasteiger partial charge is 0.0486 e. The molecule has 1 aliphatic rings. The van der Waals surface area contributed by atoms with Gasteiger partial charge in [0.15, 0.2) is 0 Å². The third-order valence-electron chi connectivity index (χ3n) is 2.39. The third-order valence-corrected chi connectivity index (χ3v) is 2.39. The molecule has 0 unspecified atom stereocenters. The summed E-state index contributed by atoms with van der Waals surface area (Å²) in [6.45, 7) is 6.09. The summed E-state index contributed by atoms with van der Waals surface area (Å²) in [6, 6.07) is 2.12. The van der Waals surface area contributed by atoms with Gasteiger partial charge in [0.1, 0.15) is 0 Å². The van der Waals surface area contributed by atoms with E-state index in [-0.39, 0.29) is 0 Å². The van der Waals surface area contributed by atoms with E-state index in [0.29, 0.717) is 0 Å². The fourth-order valence-electron chi connectivity index (χ4n) is 1.67. The van der Waals surface area contributed by atoms with Crippen molar-refractivity contribution >= 4 is 5.57 Å². The summed E-state index contributed by atoms with van der Waals surface area (Å²) < 4.78 is 0. The Morgan fingerprint density at radius 3 is 3.08 bits per heavy atom. The zero-order valence-electron chi connectivity index (χ0n) is 7.80. The van der Waals surface area contributed by atoms with Gasteiger partial charge in [-0.1, -0.05) is 24.8 Å². The quantitative estimate of drug-likeness (QED) is 0.668. The maximum absolute atomic E-state index is 4.07. The lowest BCUT2D eigenvalue weighted by atomic mass is 10.1. The number of hydrogen-bond acceptors (Lipinski definition) is 0. The Balaban J connectivity index is 2.34. The molecule has 1 heterocycles. The molecule has 1 aliphatic carbocycles. The molecule has 0 spiro atoms. The molecule has 0 amide bonds. The number of aromatic nitrogens is 1. The second kappa shape index (κ2) is 3.09. The molecule has 0 aliphatic heterocycles. The molecule has 0 bridgehead atoms. The zero-order valence-corrected chi connectivity index (χ0v) is 7.80. The van der Waals surface area contributed by atoms with Gasteiger partial charge in [0, 0.05) is 18.3 Å². The largest absolute Gasteiger partial charge is 0.361 e. The van der Waals surface area contributed by atoms with Gasteiger partial charge in [0.25, 0.3) is 0 Å². The molecule has 1 N–H and O–H groups in total. The Hall–Kier alpha value is -1.50. The Morgan fingerprint density at radius 2 is 2.38 bits per heavy atom. The lowest BCUT2D eigenvalue weighted by Gasteiger charge is -1.96. The molecule has 2 rings (SSSR count). The predicted molar refractivity (Wildman–Crippen MR) is 56.4 cm³/mol. The first-order chi connectivity index (χ1) is 6.33. The summed E-state index contributed by atoms with van der Waals surface area (Å²) >= 11 is 0. The van der Waals surface area contributed by atoms with Crippen LogP contribution in [-0.2, 0) is 6.42 Å². The fraction of sp³-hybridized carbons (Fsp3) is 0.167. The summed E-state index contributed by atoms with van der Waals surface area (Å²) in [6.07, 6.45) is 9.22. The Bertz CT molecular complexity index is 391. The highest BCUT2D eigenvalue weighted by atomic mass is 14.7. The van der Waals surface area contributed by atoms with Crippen LogP contribution in [0, 0.1) is 0 Å². The van der Waals surface area contributed by atoms with Gasteiger partial charge >= 0.3 is 0 Å². The average Bonchev–Trinajstić information content (AvgIpc) is 2.67. The van der Waals surface area contributed by atoms with Crippen molar-refractivity contribution in [2.45, 2.75) is 13.3 Å². The standard InChI is InChI=1S/C12H13N/c1-3-4-5-10-8-11-6-7-13-12(11)9(10)2/h3-7,13H,2,8H2,1H3/b4-3-,10-5-. The van der Waals surface area contributed by atoms with E-state index in [0.717, 1.165) is 12.0 Å². The monoisotopic (exact) mass is 171 g/mol. The molecule has 0 atom stereocenters. The molecule has 0 radical (unpaired) electrons. The van der Waals surface area contributed by atoms with E-state index in [1.807, 2.05) is 19.2 Å². The van der Waals surface area contributed by atoms with Gasteiger partial charge in [-0.25, -0.2) is 0 Å². The number of hydrogen-bond donors (Lipinski definition) is 1. The van der Waals surface area contributed by atoms with Gasteiger partial charge < -0.3 is 4.98 Å². The number of fused-ring (bicyclic) bond motifs is 1. The van der Waals surface area contributed by atoms with Crippen LogP contribution in [0.25, 0.3) is 5.57 Å². The van der Waals surface area contributed by atoms with Crippen LogP contribution in [0.3, 0.4) is 0 Å². The van der Waals surface area contributed by atoms with Crippen molar-refractivity contribution < 1.29 is 0 Å². The number of nitrogens with one attached hydrogen (secondary N) is 1. The van der Waals surface area contributed by atoms with Crippen molar-refractivity contribution in [1.82, 2.24) is 4.98 Å². The minimum absolute atomic E-state index is 1.02. The van der Waals surface area contributed by atoms with E-state index in [2.05, 4.69) is 29.8 Å². The second-order valence-electron chi connectivity index (χ2n) is 3.25. The van der Waals surface area contributed by atoms with Gasteiger partial charge in [0.2, 0.25) is 0 Å². The third kappa shape index (κ3) is 1.26. The molecular formula is C12H13N. The first kappa shape index (κ1) is 8.11. The SMILES string of the molecule is C=C1/C(=C\C=C/C)Cc2cc[nH]c21. The summed E-state index contributed by atoms with van der Waals surface area (Å²) in [5.41, 5.74) is 5.02. The van der Waals surface area contributed by atoms with Crippen LogP contribution >= 0.6 is 0 Å². The maximum Gasteiger partial charge on any atom is 0.0486 e. The first-order valence-electron chi connectivity index (χ1n) is 4.50. The van der Waals surface area contributed by atoms with Gasteiger partial charge in [-0.15, -0.1) is 0 Å². The molecule has 13 heavy (non-hydrogen) atoms. The highest BCUT2D eigenvalue weighted by Gasteiger charge is 2.19. The zero-order chi connectivity index (χ0) is 9.26.